The Morgan fingerprint density at radius 3 is 2.64 bits per heavy atom. The summed E-state index contributed by atoms with van der Waals surface area (Å²) in [5, 5.41) is 2.59. The molecule has 1 amide bonds. The van der Waals surface area contributed by atoms with Crippen molar-refractivity contribution in [2.75, 3.05) is 5.32 Å². The highest BCUT2D eigenvalue weighted by atomic mass is 16.6. The predicted molar refractivity (Wildman–Crippen MR) is 86.5 cm³/mol. The number of benzene rings is 2. The molecule has 0 heterocycles. The first-order chi connectivity index (χ1) is 10.7. The lowest BCUT2D eigenvalue weighted by atomic mass is 10.1. The van der Waals surface area contributed by atoms with Gasteiger partial charge in [0.2, 0.25) is 0 Å². The Morgan fingerprint density at radius 2 is 1.95 bits per heavy atom. The van der Waals surface area contributed by atoms with Crippen LogP contribution >= 0.6 is 0 Å². The quantitative estimate of drug-likeness (QED) is 0.801. The monoisotopic (exact) mass is 297 g/mol. The maximum Gasteiger partial charge on any atom is 0.417 e. The fourth-order valence-corrected chi connectivity index (χ4v) is 2.05. The summed E-state index contributed by atoms with van der Waals surface area (Å²) in [4.78, 5) is 22.5. The largest absolute Gasteiger partial charge is 0.417 e. The molecule has 0 atom stereocenters. The van der Waals surface area contributed by atoms with E-state index in [9.17, 15) is 9.59 Å². The van der Waals surface area contributed by atoms with E-state index in [1.807, 2.05) is 12.1 Å². The second-order valence-electron chi connectivity index (χ2n) is 5.01. The van der Waals surface area contributed by atoms with Crippen molar-refractivity contribution in [3.8, 4) is 5.75 Å². The lowest BCUT2D eigenvalue weighted by Crippen LogP contribution is -2.16. The molecule has 0 saturated carbocycles. The Balaban J connectivity index is 1.92. The van der Waals surface area contributed by atoms with Gasteiger partial charge in [-0.15, -0.1) is 0 Å². The Kier molecular flexibility index (Phi) is 5.72. The average Bonchev–Trinajstić information content (AvgIpc) is 2.54. The number of hydrogen-bond acceptors (Lipinski definition) is 3. The van der Waals surface area contributed by atoms with Crippen LogP contribution in [0.25, 0.3) is 0 Å². The number of aryl methyl sites for hydroxylation is 1. The van der Waals surface area contributed by atoms with E-state index in [-0.39, 0.29) is 0 Å². The number of hydrogen-bond donors (Lipinski definition) is 1. The lowest BCUT2D eigenvalue weighted by molar-refractivity contribution is 0.112. The van der Waals surface area contributed by atoms with E-state index in [0.717, 1.165) is 25.5 Å². The first-order valence-electron chi connectivity index (χ1n) is 7.34. The minimum Gasteiger partial charge on any atom is -0.410 e. The molecule has 22 heavy (non-hydrogen) atoms. The van der Waals surface area contributed by atoms with Gasteiger partial charge >= 0.3 is 6.09 Å². The summed E-state index contributed by atoms with van der Waals surface area (Å²) in [5.74, 6) is 0.490. The molecule has 0 spiro atoms. The molecule has 0 aliphatic rings. The third-order valence-corrected chi connectivity index (χ3v) is 3.22. The first-order valence-corrected chi connectivity index (χ1v) is 7.34. The van der Waals surface area contributed by atoms with Crippen molar-refractivity contribution in [1.29, 1.82) is 0 Å². The van der Waals surface area contributed by atoms with Crippen molar-refractivity contribution >= 4 is 18.1 Å². The van der Waals surface area contributed by atoms with Crippen LogP contribution in [-0.2, 0) is 6.42 Å². The summed E-state index contributed by atoms with van der Waals surface area (Å²) in [6.07, 6.45) is 3.48. The highest BCUT2D eigenvalue weighted by molar-refractivity contribution is 5.88. The summed E-state index contributed by atoms with van der Waals surface area (Å²) in [7, 11) is 0. The van der Waals surface area contributed by atoms with E-state index in [1.165, 1.54) is 5.56 Å². The molecule has 4 heteroatoms. The first kappa shape index (κ1) is 15.8. The van der Waals surface area contributed by atoms with Crippen molar-refractivity contribution < 1.29 is 14.3 Å². The van der Waals surface area contributed by atoms with Crippen molar-refractivity contribution in [3.63, 3.8) is 0 Å². The van der Waals surface area contributed by atoms with E-state index in [2.05, 4.69) is 12.2 Å². The van der Waals surface area contributed by atoms with Crippen LogP contribution in [0.5, 0.6) is 5.75 Å². The van der Waals surface area contributed by atoms with Crippen LogP contribution in [0.4, 0.5) is 10.5 Å². The van der Waals surface area contributed by atoms with Crippen LogP contribution in [0.2, 0.25) is 0 Å². The fraction of sp³-hybridized carbons (Fsp3) is 0.222. The maximum absolute atomic E-state index is 11.8. The third kappa shape index (κ3) is 4.74. The summed E-state index contributed by atoms with van der Waals surface area (Å²) in [6.45, 7) is 2.15. The minimum absolute atomic E-state index is 0.490. The van der Waals surface area contributed by atoms with Gasteiger partial charge in [0.05, 0.1) is 0 Å². The van der Waals surface area contributed by atoms with Crippen molar-refractivity contribution in [3.05, 3.63) is 59.7 Å². The standard InChI is InChI=1S/C18H19NO3/c1-2-3-5-14-8-10-17(11-9-14)22-18(21)19-16-7-4-6-15(12-16)13-20/h4,6-13H,2-3,5H2,1H3,(H,19,21). The normalized spacial score (nSPS) is 10.0. The van der Waals surface area contributed by atoms with Gasteiger partial charge in [0.1, 0.15) is 12.0 Å². The summed E-state index contributed by atoms with van der Waals surface area (Å²) in [5.41, 5.74) is 2.25. The van der Waals surface area contributed by atoms with Crippen LogP contribution in [0.3, 0.4) is 0 Å². The second kappa shape index (κ2) is 7.98. The average molecular weight is 297 g/mol. The molecule has 0 fully saturated rings. The molecular formula is C18H19NO3. The Labute approximate surface area is 130 Å². The van der Waals surface area contributed by atoms with Gasteiger partial charge in [0.15, 0.2) is 0 Å². The molecule has 0 aliphatic carbocycles. The van der Waals surface area contributed by atoms with Crippen LogP contribution in [0.1, 0.15) is 35.7 Å². The zero-order valence-electron chi connectivity index (χ0n) is 12.5. The number of unbranched alkanes of at least 4 members (excludes halogenated alkanes) is 1. The number of carbonyl (C=O) groups excluding carboxylic acids is 2. The number of anilines is 1. The predicted octanol–water partition coefficient (Wildman–Crippen LogP) is 4.45. The third-order valence-electron chi connectivity index (χ3n) is 3.22. The lowest BCUT2D eigenvalue weighted by Gasteiger charge is -2.07. The molecule has 4 nitrogen and oxygen atoms in total. The van der Waals surface area contributed by atoms with Gasteiger partial charge in [0.25, 0.3) is 0 Å². The molecule has 0 bridgehead atoms. The molecule has 0 unspecified atom stereocenters. The summed E-state index contributed by atoms with van der Waals surface area (Å²) >= 11 is 0. The SMILES string of the molecule is CCCCc1ccc(OC(=O)Nc2cccc(C=O)c2)cc1. The van der Waals surface area contributed by atoms with Crippen LogP contribution in [-0.4, -0.2) is 12.4 Å². The molecule has 0 aliphatic heterocycles. The fourth-order valence-electron chi connectivity index (χ4n) is 2.05. The number of carbonyl (C=O) groups is 2. The van der Waals surface area contributed by atoms with E-state index >= 15 is 0 Å². The highest BCUT2D eigenvalue weighted by Gasteiger charge is 2.05. The van der Waals surface area contributed by atoms with Gasteiger partial charge in [-0.3, -0.25) is 10.1 Å². The number of amides is 1. The van der Waals surface area contributed by atoms with Crippen molar-refractivity contribution in [2.24, 2.45) is 0 Å². The summed E-state index contributed by atoms with van der Waals surface area (Å²) in [6, 6.07) is 14.1. The summed E-state index contributed by atoms with van der Waals surface area (Å²) < 4.78 is 5.21. The topological polar surface area (TPSA) is 55.4 Å². The molecule has 0 radical (unpaired) electrons. The molecule has 2 aromatic carbocycles. The van der Waals surface area contributed by atoms with Gasteiger partial charge in [0, 0.05) is 11.3 Å². The molecule has 1 N–H and O–H groups in total. The van der Waals surface area contributed by atoms with Crippen LogP contribution in [0.15, 0.2) is 48.5 Å². The smallest absolute Gasteiger partial charge is 0.410 e. The highest BCUT2D eigenvalue weighted by Crippen LogP contribution is 2.15. The number of rotatable bonds is 6. The molecular weight excluding hydrogens is 278 g/mol. The number of nitrogens with one attached hydrogen (secondary N) is 1. The minimum atomic E-state index is -0.579. The number of ether oxygens (including phenoxy) is 1. The van der Waals surface area contributed by atoms with E-state index in [4.69, 9.17) is 4.74 Å². The van der Waals surface area contributed by atoms with Gasteiger partial charge in [-0.2, -0.15) is 0 Å². The van der Waals surface area contributed by atoms with E-state index < -0.39 is 6.09 Å². The van der Waals surface area contributed by atoms with E-state index in [1.54, 1.807) is 36.4 Å². The van der Waals surface area contributed by atoms with Gasteiger partial charge < -0.3 is 4.74 Å². The van der Waals surface area contributed by atoms with Crippen molar-refractivity contribution in [1.82, 2.24) is 0 Å². The maximum atomic E-state index is 11.8. The van der Waals surface area contributed by atoms with Gasteiger partial charge in [-0.25, -0.2) is 4.79 Å². The second-order valence-corrected chi connectivity index (χ2v) is 5.01. The molecule has 0 aromatic heterocycles. The van der Waals surface area contributed by atoms with Gasteiger partial charge in [-0.1, -0.05) is 37.6 Å². The Hall–Kier alpha value is -2.62. The molecule has 0 saturated heterocycles. The van der Waals surface area contributed by atoms with Gasteiger partial charge in [-0.05, 0) is 42.7 Å². The van der Waals surface area contributed by atoms with Crippen LogP contribution in [0, 0.1) is 0 Å². The van der Waals surface area contributed by atoms with Crippen molar-refractivity contribution in [2.45, 2.75) is 26.2 Å². The Bertz CT molecular complexity index is 635. The zero-order valence-corrected chi connectivity index (χ0v) is 12.5. The molecule has 114 valence electrons. The molecule has 2 rings (SSSR count). The van der Waals surface area contributed by atoms with E-state index in [0.29, 0.717) is 17.0 Å². The zero-order chi connectivity index (χ0) is 15.8. The number of aldehydes is 1. The Morgan fingerprint density at radius 1 is 1.18 bits per heavy atom. The van der Waals surface area contributed by atoms with Crippen LogP contribution < -0.4 is 10.1 Å². The molecule has 2 aromatic rings.